The van der Waals surface area contributed by atoms with E-state index in [1.165, 1.54) is 13.2 Å². The molecule has 18 heavy (non-hydrogen) atoms. The summed E-state index contributed by atoms with van der Waals surface area (Å²) >= 11 is 0. The van der Waals surface area contributed by atoms with Crippen LogP contribution in [0.5, 0.6) is 0 Å². The van der Waals surface area contributed by atoms with Crippen molar-refractivity contribution in [1.82, 2.24) is 0 Å². The Morgan fingerprint density at radius 3 is 2.28 bits per heavy atom. The van der Waals surface area contributed by atoms with Crippen LogP contribution in [-0.2, 0) is 4.74 Å². The third-order valence-electron chi connectivity index (χ3n) is 1.74. The normalized spacial score (nSPS) is 9.83. The molecule has 98 valence electrons. The fourth-order valence-corrected chi connectivity index (χ4v) is 0.962. The molecule has 4 nitrogen and oxygen atoms in total. The Bertz CT molecular complexity index is 470. The number of rotatable bonds is 1. The zero-order valence-electron chi connectivity index (χ0n) is 10.5. The van der Waals surface area contributed by atoms with E-state index in [1.54, 1.807) is 19.1 Å². The van der Waals surface area contributed by atoms with Crippen molar-refractivity contribution in [2.75, 3.05) is 7.11 Å². The Morgan fingerprint density at radius 1 is 1.39 bits per heavy atom. The Morgan fingerprint density at radius 2 is 1.89 bits per heavy atom. The predicted octanol–water partition coefficient (Wildman–Crippen LogP) is 3.68. The van der Waals surface area contributed by atoms with Crippen molar-refractivity contribution < 1.29 is 28.2 Å². The zero-order chi connectivity index (χ0) is 14.3. The minimum Gasteiger partial charge on any atom is -0.465 e. The number of hydrogen-bond acceptors (Lipinski definition) is 3. The molecule has 1 rings (SSSR count). The smallest absolute Gasteiger partial charge is 0.465 e. The van der Waals surface area contributed by atoms with Crippen molar-refractivity contribution in [3.8, 4) is 0 Å². The maximum absolute atomic E-state index is 11.0. The molecule has 0 amide bonds. The summed E-state index contributed by atoms with van der Waals surface area (Å²) in [5.41, 5.74) is 1.55. The summed E-state index contributed by atoms with van der Waals surface area (Å²) < 4.78 is 43.5. The summed E-state index contributed by atoms with van der Waals surface area (Å²) in [6, 6.07) is 4.79. The molecule has 0 N–H and O–H groups in total. The molecule has 0 saturated carbocycles. The van der Waals surface area contributed by atoms with E-state index in [-0.39, 0.29) is 1.43 Å². The minimum atomic E-state index is -6.00. The standard InChI is InChI=1S/C9H9N2O2.BF4/c1-6-3-4-7(9(12)13-2)5-8(6)11-10;2-1(3,4)5/h3-5H,1-2H3;/q+1;-1/p+1. The van der Waals surface area contributed by atoms with E-state index in [0.717, 1.165) is 5.56 Å². The van der Waals surface area contributed by atoms with Crippen molar-refractivity contribution in [2.45, 2.75) is 6.92 Å². The molecule has 0 radical (unpaired) electrons. The van der Waals surface area contributed by atoms with Gasteiger partial charge in [-0.15, -0.1) is 0 Å². The van der Waals surface area contributed by atoms with Gasteiger partial charge in [-0.05, 0) is 13.0 Å². The number of esters is 1. The molecule has 0 saturated heterocycles. The molecule has 0 bridgehead atoms. The summed E-state index contributed by atoms with van der Waals surface area (Å²) in [5.74, 6) is -0.440. The lowest BCUT2D eigenvalue weighted by molar-refractivity contribution is 0.0601. The average Bonchev–Trinajstić information content (AvgIpc) is 2.26. The number of diazo groups is 1. The van der Waals surface area contributed by atoms with Gasteiger partial charge >= 0.3 is 20.3 Å². The van der Waals surface area contributed by atoms with Crippen LogP contribution in [0.3, 0.4) is 0 Å². The first-order valence-electron chi connectivity index (χ1n) is 4.60. The highest BCUT2D eigenvalue weighted by Crippen LogP contribution is 2.20. The lowest BCUT2D eigenvalue weighted by atomic mass is 10.1. The SMILES string of the molecule is COC(=O)c1ccc(C)c([N+]#N)c1.F[B-](F)(F)F.[H+]. The molecule has 0 aromatic heterocycles. The largest absolute Gasteiger partial charge is 1.00 e. The zero-order valence-corrected chi connectivity index (χ0v) is 9.53. The number of ether oxygens (including phenoxy) is 1. The maximum Gasteiger partial charge on any atom is 1.00 e. The van der Waals surface area contributed by atoms with Crippen molar-refractivity contribution in [3.63, 3.8) is 0 Å². The van der Waals surface area contributed by atoms with Gasteiger partial charge in [0.1, 0.15) is 0 Å². The van der Waals surface area contributed by atoms with Gasteiger partial charge in [-0.25, -0.2) is 4.79 Å². The van der Waals surface area contributed by atoms with Gasteiger partial charge in [0, 0.05) is 11.6 Å². The molecule has 1 aromatic rings. The van der Waals surface area contributed by atoms with Gasteiger partial charge in [-0.2, -0.15) is 0 Å². The quantitative estimate of drug-likeness (QED) is 0.337. The monoisotopic (exact) mass is 265 g/mol. The molecule has 1 aromatic carbocycles. The molecular formula is C9H10BF4N2O2+. The van der Waals surface area contributed by atoms with E-state index in [1.807, 2.05) is 0 Å². The number of benzene rings is 1. The van der Waals surface area contributed by atoms with Crippen molar-refractivity contribution >= 4 is 18.9 Å². The number of carbonyl (C=O) groups is 1. The molecule has 0 aliphatic heterocycles. The van der Waals surface area contributed by atoms with Gasteiger partial charge in [0.05, 0.1) is 12.7 Å². The maximum atomic E-state index is 11.0. The topological polar surface area (TPSA) is 54.5 Å². The third kappa shape index (κ3) is 6.47. The van der Waals surface area contributed by atoms with E-state index in [9.17, 15) is 22.1 Å². The second-order valence-electron chi connectivity index (χ2n) is 3.09. The highest BCUT2D eigenvalue weighted by molar-refractivity contribution is 6.50. The number of aryl methyl sites for hydroxylation is 1. The average molecular weight is 265 g/mol. The Labute approximate surface area is 102 Å². The number of halogens is 4. The van der Waals surface area contributed by atoms with E-state index < -0.39 is 13.2 Å². The fraction of sp³-hybridized carbons (Fsp3) is 0.222. The molecule has 0 atom stereocenters. The van der Waals surface area contributed by atoms with Crippen LogP contribution in [-0.4, -0.2) is 20.3 Å². The van der Waals surface area contributed by atoms with Gasteiger partial charge in [0.15, 0.2) is 4.98 Å². The summed E-state index contributed by atoms with van der Waals surface area (Å²) in [6.07, 6.45) is 0. The highest BCUT2D eigenvalue weighted by atomic mass is 19.5. The van der Waals surface area contributed by atoms with Crippen molar-refractivity contribution in [1.29, 1.82) is 5.39 Å². The molecular weight excluding hydrogens is 255 g/mol. The lowest BCUT2D eigenvalue weighted by Crippen LogP contribution is -2.02. The van der Waals surface area contributed by atoms with Gasteiger partial charge in [-0.3, -0.25) is 0 Å². The van der Waals surface area contributed by atoms with Gasteiger partial charge in [0.25, 0.3) is 0 Å². The molecule has 0 heterocycles. The van der Waals surface area contributed by atoms with Crippen LogP contribution in [0.25, 0.3) is 4.98 Å². The number of nitrogens with zero attached hydrogens (tertiary/aromatic N) is 2. The van der Waals surface area contributed by atoms with E-state index in [2.05, 4.69) is 9.71 Å². The van der Waals surface area contributed by atoms with Gasteiger partial charge in [-0.1, -0.05) is 6.07 Å². The van der Waals surface area contributed by atoms with Crippen LogP contribution in [0.2, 0.25) is 0 Å². The second-order valence-corrected chi connectivity index (χ2v) is 3.09. The number of carbonyl (C=O) groups excluding carboxylic acids is 1. The Hall–Kier alpha value is -2.11. The summed E-state index contributed by atoms with van der Waals surface area (Å²) in [4.78, 5) is 14.1. The third-order valence-corrected chi connectivity index (χ3v) is 1.74. The van der Waals surface area contributed by atoms with Crippen LogP contribution in [0, 0.1) is 12.3 Å². The predicted molar refractivity (Wildman–Crippen MR) is 58.6 cm³/mol. The van der Waals surface area contributed by atoms with Crippen LogP contribution in [0.4, 0.5) is 23.0 Å². The van der Waals surface area contributed by atoms with Crippen LogP contribution < -0.4 is 0 Å². The molecule has 0 unspecified atom stereocenters. The van der Waals surface area contributed by atoms with Crippen LogP contribution in [0.1, 0.15) is 17.3 Å². The van der Waals surface area contributed by atoms with Gasteiger partial charge < -0.3 is 22.0 Å². The first kappa shape index (κ1) is 15.9. The van der Waals surface area contributed by atoms with E-state index >= 15 is 0 Å². The molecule has 0 aliphatic rings. The molecule has 0 aliphatic carbocycles. The lowest BCUT2D eigenvalue weighted by Gasteiger charge is -1.96. The van der Waals surface area contributed by atoms with E-state index in [0.29, 0.717) is 11.3 Å². The molecule has 9 heteroatoms. The van der Waals surface area contributed by atoms with Crippen LogP contribution in [0.15, 0.2) is 18.2 Å². The van der Waals surface area contributed by atoms with Crippen molar-refractivity contribution in [2.24, 2.45) is 0 Å². The summed E-state index contributed by atoms with van der Waals surface area (Å²) in [6.45, 7) is 1.79. The first-order chi connectivity index (χ1) is 8.19. The highest BCUT2D eigenvalue weighted by Gasteiger charge is 2.20. The first-order valence-corrected chi connectivity index (χ1v) is 4.60. The second kappa shape index (κ2) is 6.59. The van der Waals surface area contributed by atoms with Crippen molar-refractivity contribution in [3.05, 3.63) is 34.3 Å². The Kier molecular flexibility index (Phi) is 5.82. The minimum absolute atomic E-state index is 0. The number of hydrogen-bond donors (Lipinski definition) is 0. The summed E-state index contributed by atoms with van der Waals surface area (Å²) in [5, 5.41) is 8.57. The Balaban J connectivity index is 0. The summed E-state index contributed by atoms with van der Waals surface area (Å²) in [7, 11) is -4.70. The van der Waals surface area contributed by atoms with E-state index in [4.69, 9.17) is 5.39 Å². The fourth-order valence-electron chi connectivity index (χ4n) is 0.962. The van der Waals surface area contributed by atoms with Gasteiger partial charge in [0.2, 0.25) is 5.39 Å². The number of methoxy groups -OCH3 is 1. The molecule has 0 spiro atoms. The molecule has 0 fully saturated rings. The van der Waals surface area contributed by atoms with Crippen LogP contribution >= 0.6 is 0 Å².